The normalized spacial score (nSPS) is 14.6. The Hall–Kier alpha value is -1.01. The second-order valence-electron chi connectivity index (χ2n) is 4.94. The molecule has 0 spiro atoms. The van der Waals surface area contributed by atoms with E-state index in [1.807, 2.05) is 12.3 Å². The number of nitrogens with one attached hydrogen (secondary N) is 2. The molecule has 0 amide bonds. The molecule has 0 saturated heterocycles. The summed E-state index contributed by atoms with van der Waals surface area (Å²) in [7, 11) is 0. The molecule has 1 aliphatic carbocycles. The molecule has 6 heteroatoms. The zero-order valence-electron chi connectivity index (χ0n) is 12.6. The third kappa shape index (κ3) is 4.52. The van der Waals surface area contributed by atoms with E-state index in [-0.39, 0.29) is 0 Å². The number of hydrogen-bond acceptors (Lipinski definition) is 6. The zero-order valence-corrected chi connectivity index (χ0v) is 13.5. The van der Waals surface area contributed by atoms with E-state index in [0.717, 1.165) is 49.0 Å². The van der Waals surface area contributed by atoms with Crippen molar-refractivity contribution in [3.05, 3.63) is 6.07 Å². The third-order valence-corrected chi connectivity index (χ3v) is 3.97. The lowest BCUT2D eigenvalue weighted by Crippen LogP contribution is -2.31. The summed E-state index contributed by atoms with van der Waals surface area (Å²) in [5.41, 5.74) is 0. The van der Waals surface area contributed by atoms with Crippen molar-refractivity contribution in [2.75, 3.05) is 43.1 Å². The quantitative estimate of drug-likeness (QED) is 0.539. The second-order valence-corrected chi connectivity index (χ2v) is 5.72. The van der Waals surface area contributed by atoms with Crippen LogP contribution >= 0.6 is 11.8 Å². The number of likely N-dealkylation sites (N-methyl/N-ethyl adjacent to an activating group) is 1. The molecule has 2 rings (SSSR count). The topological polar surface area (TPSA) is 53.1 Å². The molecule has 1 saturated carbocycles. The third-order valence-electron chi connectivity index (χ3n) is 3.42. The van der Waals surface area contributed by atoms with E-state index < -0.39 is 0 Å². The summed E-state index contributed by atoms with van der Waals surface area (Å²) in [4.78, 5) is 11.5. The molecule has 112 valence electrons. The molecule has 0 atom stereocenters. The van der Waals surface area contributed by atoms with Gasteiger partial charge in [-0.15, -0.1) is 0 Å². The molecular formula is C14H25N5S. The van der Waals surface area contributed by atoms with Gasteiger partial charge in [0.25, 0.3) is 0 Å². The van der Waals surface area contributed by atoms with Crippen LogP contribution in [-0.4, -0.2) is 53.3 Å². The Kier molecular flexibility index (Phi) is 5.91. The minimum absolute atomic E-state index is 0.806. The van der Waals surface area contributed by atoms with Crippen LogP contribution in [0, 0.1) is 0 Å². The van der Waals surface area contributed by atoms with Gasteiger partial charge in [0.15, 0.2) is 5.16 Å². The van der Waals surface area contributed by atoms with Crippen LogP contribution in [0.5, 0.6) is 0 Å². The summed E-state index contributed by atoms with van der Waals surface area (Å²) < 4.78 is 0. The van der Waals surface area contributed by atoms with Gasteiger partial charge in [0.05, 0.1) is 0 Å². The molecule has 0 radical (unpaired) electrons. The number of nitrogens with zero attached hydrogens (tertiary/aromatic N) is 3. The molecule has 1 aromatic rings. The van der Waals surface area contributed by atoms with Gasteiger partial charge in [-0.05, 0) is 32.6 Å². The summed E-state index contributed by atoms with van der Waals surface area (Å²) >= 11 is 1.57. The lowest BCUT2D eigenvalue weighted by atomic mass is 10.4. The Morgan fingerprint density at radius 1 is 1.25 bits per heavy atom. The summed E-state index contributed by atoms with van der Waals surface area (Å²) in [5, 5.41) is 7.47. The maximum atomic E-state index is 4.50. The first-order valence-electron chi connectivity index (χ1n) is 7.41. The van der Waals surface area contributed by atoms with Crippen molar-refractivity contribution in [2.45, 2.75) is 37.9 Å². The first-order chi connectivity index (χ1) is 9.76. The number of hydrogen-bond donors (Lipinski definition) is 2. The van der Waals surface area contributed by atoms with Gasteiger partial charge in [-0.25, -0.2) is 9.97 Å². The molecule has 1 aliphatic rings. The summed E-state index contributed by atoms with van der Waals surface area (Å²) in [5.74, 6) is 1.80. The standard InChI is InChI=1S/C14H25N5S/c1-4-15-12-10-13(18-14(17-12)20-3)16-8-9-19(5-2)11-6-7-11/h10-11H,4-9H2,1-3H3,(H2,15,16,17,18). The van der Waals surface area contributed by atoms with Gasteiger partial charge in [-0.3, -0.25) is 4.90 Å². The molecule has 0 unspecified atom stereocenters. The number of thioether (sulfide) groups is 1. The van der Waals surface area contributed by atoms with E-state index in [9.17, 15) is 0 Å². The predicted molar refractivity (Wildman–Crippen MR) is 86.7 cm³/mol. The zero-order chi connectivity index (χ0) is 14.4. The Morgan fingerprint density at radius 2 is 1.95 bits per heavy atom. The number of rotatable bonds is 9. The number of aromatic nitrogens is 2. The first-order valence-corrected chi connectivity index (χ1v) is 8.64. The van der Waals surface area contributed by atoms with Gasteiger partial charge in [0.2, 0.25) is 0 Å². The van der Waals surface area contributed by atoms with E-state index >= 15 is 0 Å². The van der Waals surface area contributed by atoms with E-state index in [2.05, 4.69) is 39.3 Å². The van der Waals surface area contributed by atoms with Crippen molar-refractivity contribution in [1.29, 1.82) is 0 Å². The predicted octanol–water partition coefficient (Wildman–Crippen LogP) is 2.53. The van der Waals surface area contributed by atoms with Crippen LogP contribution in [0.4, 0.5) is 11.6 Å². The van der Waals surface area contributed by atoms with Crippen LogP contribution in [0.15, 0.2) is 11.2 Å². The van der Waals surface area contributed by atoms with Crippen molar-refractivity contribution < 1.29 is 0 Å². The monoisotopic (exact) mass is 295 g/mol. The second kappa shape index (κ2) is 7.69. The average Bonchev–Trinajstić information content (AvgIpc) is 3.28. The lowest BCUT2D eigenvalue weighted by Gasteiger charge is -2.20. The van der Waals surface area contributed by atoms with Gasteiger partial charge in [0, 0.05) is 31.7 Å². The molecule has 0 bridgehead atoms. The van der Waals surface area contributed by atoms with E-state index in [4.69, 9.17) is 0 Å². The van der Waals surface area contributed by atoms with Crippen LogP contribution in [0.2, 0.25) is 0 Å². The number of anilines is 2. The molecule has 1 fully saturated rings. The van der Waals surface area contributed by atoms with Crippen LogP contribution < -0.4 is 10.6 Å². The van der Waals surface area contributed by atoms with Gasteiger partial charge in [-0.2, -0.15) is 0 Å². The largest absolute Gasteiger partial charge is 0.370 e. The summed E-state index contributed by atoms with van der Waals surface area (Å²) in [6, 6.07) is 2.81. The van der Waals surface area contributed by atoms with Crippen molar-refractivity contribution in [3.8, 4) is 0 Å². The minimum atomic E-state index is 0.806. The molecule has 1 aromatic heterocycles. The Balaban J connectivity index is 1.88. The van der Waals surface area contributed by atoms with E-state index in [0.29, 0.717) is 0 Å². The maximum Gasteiger partial charge on any atom is 0.191 e. The van der Waals surface area contributed by atoms with Crippen LogP contribution in [-0.2, 0) is 0 Å². The van der Waals surface area contributed by atoms with Gasteiger partial charge in [-0.1, -0.05) is 18.7 Å². The van der Waals surface area contributed by atoms with Crippen molar-refractivity contribution in [3.63, 3.8) is 0 Å². The smallest absolute Gasteiger partial charge is 0.191 e. The lowest BCUT2D eigenvalue weighted by molar-refractivity contribution is 0.289. The fourth-order valence-corrected chi connectivity index (χ4v) is 2.62. The Morgan fingerprint density at radius 3 is 2.50 bits per heavy atom. The van der Waals surface area contributed by atoms with Crippen LogP contribution in [0.25, 0.3) is 0 Å². The van der Waals surface area contributed by atoms with Gasteiger partial charge in [0.1, 0.15) is 11.6 Å². The fraction of sp³-hybridized carbons (Fsp3) is 0.714. The van der Waals surface area contributed by atoms with E-state index in [1.54, 1.807) is 11.8 Å². The molecule has 0 aliphatic heterocycles. The van der Waals surface area contributed by atoms with Gasteiger partial charge >= 0.3 is 0 Å². The fourth-order valence-electron chi connectivity index (χ4n) is 2.24. The van der Waals surface area contributed by atoms with Crippen molar-refractivity contribution >= 4 is 23.4 Å². The molecule has 20 heavy (non-hydrogen) atoms. The highest BCUT2D eigenvalue weighted by Crippen LogP contribution is 2.26. The van der Waals surface area contributed by atoms with Crippen molar-refractivity contribution in [1.82, 2.24) is 14.9 Å². The highest BCUT2D eigenvalue weighted by atomic mass is 32.2. The molecule has 0 aromatic carbocycles. The first kappa shape index (κ1) is 15.4. The van der Waals surface area contributed by atoms with Crippen LogP contribution in [0.1, 0.15) is 26.7 Å². The highest BCUT2D eigenvalue weighted by molar-refractivity contribution is 7.98. The Labute approximate surface area is 125 Å². The molecule has 2 N–H and O–H groups in total. The highest BCUT2D eigenvalue weighted by Gasteiger charge is 2.27. The maximum absolute atomic E-state index is 4.50. The van der Waals surface area contributed by atoms with E-state index in [1.165, 1.54) is 12.8 Å². The SMILES string of the molecule is CCNc1cc(NCCN(CC)C2CC2)nc(SC)n1. The summed E-state index contributed by atoms with van der Waals surface area (Å²) in [6.07, 6.45) is 4.73. The molecular weight excluding hydrogens is 270 g/mol. The average molecular weight is 295 g/mol. The summed E-state index contributed by atoms with van der Waals surface area (Å²) in [6.45, 7) is 8.32. The van der Waals surface area contributed by atoms with Crippen molar-refractivity contribution in [2.24, 2.45) is 0 Å². The molecule has 5 nitrogen and oxygen atoms in total. The minimum Gasteiger partial charge on any atom is -0.370 e. The van der Waals surface area contributed by atoms with Gasteiger partial charge < -0.3 is 10.6 Å². The molecule has 1 heterocycles. The Bertz CT molecular complexity index is 422. The van der Waals surface area contributed by atoms with Crippen LogP contribution in [0.3, 0.4) is 0 Å².